The summed E-state index contributed by atoms with van der Waals surface area (Å²) in [6.45, 7) is 4.85. The van der Waals surface area contributed by atoms with Crippen molar-refractivity contribution in [3.05, 3.63) is 46.9 Å². The second-order valence-electron chi connectivity index (χ2n) is 4.85. The topological polar surface area (TPSA) is 51.0 Å². The zero-order valence-electron chi connectivity index (χ0n) is 11.6. The van der Waals surface area contributed by atoms with E-state index in [0.717, 1.165) is 13.0 Å². The minimum Gasteiger partial charge on any atom is -0.339 e. The van der Waals surface area contributed by atoms with Crippen LogP contribution in [0.5, 0.6) is 0 Å². The van der Waals surface area contributed by atoms with Crippen LogP contribution < -0.4 is 5.32 Å². The van der Waals surface area contributed by atoms with Crippen molar-refractivity contribution in [3.8, 4) is 0 Å². The molecule has 1 unspecified atom stereocenters. The van der Waals surface area contributed by atoms with Crippen molar-refractivity contribution in [2.45, 2.75) is 26.3 Å². The van der Waals surface area contributed by atoms with Gasteiger partial charge in [-0.25, -0.2) is 0 Å². The van der Waals surface area contributed by atoms with Crippen molar-refractivity contribution in [2.75, 3.05) is 6.54 Å². The number of benzene rings is 1. The van der Waals surface area contributed by atoms with E-state index < -0.39 is 0 Å². The van der Waals surface area contributed by atoms with E-state index >= 15 is 0 Å². The number of aryl methyl sites for hydroxylation is 1. The van der Waals surface area contributed by atoms with Gasteiger partial charge in [0, 0.05) is 28.6 Å². The van der Waals surface area contributed by atoms with Crippen LogP contribution in [0.25, 0.3) is 10.1 Å². The molecule has 104 valence electrons. The minimum atomic E-state index is 0.330. The summed E-state index contributed by atoms with van der Waals surface area (Å²) < 4.78 is 6.44. The molecule has 5 heteroatoms. The number of rotatable bonds is 5. The normalized spacial score (nSPS) is 12.9. The average molecular weight is 287 g/mol. The van der Waals surface area contributed by atoms with Gasteiger partial charge in [0.15, 0.2) is 5.82 Å². The molecule has 0 amide bonds. The van der Waals surface area contributed by atoms with Crippen LogP contribution in [0.4, 0.5) is 0 Å². The predicted octanol–water partition coefficient (Wildman–Crippen LogP) is 3.49. The second-order valence-corrected chi connectivity index (χ2v) is 5.96. The summed E-state index contributed by atoms with van der Waals surface area (Å²) in [6, 6.07) is 11.1. The van der Waals surface area contributed by atoms with Gasteiger partial charge in [0.05, 0.1) is 0 Å². The molecule has 1 aromatic carbocycles. The number of hydrogen-bond donors (Lipinski definition) is 1. The van der Waals surface area contributed by atoms with Crippen molar-refractivity contribution in [1.29, 1.82) is 0 Å². The van der Waals surface area contributed by atoms with Crippen molar-refractivity contribution >= 4 is 21.4 Å². The Balaban J connectivity index is 1.59. The fourth-order valence-electron chi connectivity index (χ4n) is 2.15. The fourth-order valence-corrected chi connectivity index (χ4v) is 3.24. The highest BCUT2D eigenvalue weighted by molar-refractivity contribution is 7.19. The first-order chi connectivity index (χ1) is 9.72. The summed E-state index contributed by atoms with van der Waals surface area (Å²) in [5.74, 6) is 1.39. The third-order valence-electron chi connectivity index (χ3n) is 3.23. The van der Waals surface area contributed by atoms with Crippen LogP contribution in [0.2, 0.25) is 0 Å². The van der Waals surface area contributed by atoms with Gasteiger partial charge < -0.3 is 9.84 Å². The molecule has 0 radical (unpaired) electrons. The molecule has 0 aliphatic carbocycles. The first-order valence-corrected chi connectivity index (χ1v) is 7.55. The molecule has 1 atom stereocenters. The molecular formula is C15H17N3OS. The Bertz CT molecular complexity index is 671. The lowest BCUT2D eigenvalue weighted by Crippen LogP contribution is -2.20. The molecule has 3 rings (SSSR count). The van der Waals surface area contributed by atoms with Crippen LogP contribution >= 0.6 is 11.3 Å². The number of aromatic nitrogens is 2. The van der Waals surface area contributed by atoms with Gasteiger partial charge in [-0.1, -0.05) is 23.4 Å². The molecule has 0 fully saturated rings. The maximum Gasteiger partial charge on any atom is 0.227 e. The summed E-state index contributed by atoms with van der Waals surface area (Å²) in [5, 5.41) is 8.60. The molecule has 0 aliphatic heterocycles. The van der Waals surface area contributed by atoms with Gasteiger partial charge in [-0.15, -0.1) is 11.3 Å². The largest absolute Gasteiger partial charge is 0.339 e. The van der Waals surface area contributed by atoms with Gasteiger partial charge in [0.1, 0.15) is 0 Å². The summed E-state index contributed by atoms with van der Waals surface area (Å²) in [4.78, 5) is 5.55. The smallest absolute Gasteiger partial charge is 0.227 e. The van der Waals surface area contributed by atoms with Crippen molar-refractivity contribution in [1.82, 2.24) is 15.5 Å². The number of hydrogen-bond acceptors (Lipinski definition) is 5. The molecule has 2 aromatic heterocycles. The second kappa shape index (κ2) is 5.73. The summed E-state index contributed by atoms with van der Waals surface area (Å²) >= 11 is 1.84. The van der Waals surface area contributed by atoms with E-state index in [9.17, 15) is 0 Å². The Labute approximate surface area is 121 Å². The predicted molar refractivity (Wildman–Crippen MR) is 81.0 cm³/mol. The third kappa shape index (κ3) is 2.89. The Hall–Kier alpha value is -1.72. The first-order valence-electron chi connectivity index (χ1n) is 6.73. The standard InChI is InChI=1S/C15H17N3OS/c1-10(16-8-7-15-17-11(2)18-19-15)14-9-12-5-3-4-6-13(12)20-14/h3-6,9-10,16H,7-8H2,1-2H3. The van der Waals surface area contributed by atoms with Crippen LogP contribution in [-0.4, -0.2) is 16.7 Å². The maximum atomic E-state index is 5.10. The van der Waals surface area contributed by atoms with E-state index in [0.29, 0.717) is 17.8 Å². The number of thiophene rings is 1. The van der Waals surface area contributed by atoms with Crippen LogP contribution in [0.3, 0.4) is 0 Å². The van der Waals surface area contributed by atoms with Gasteiger partial charge in [-0.2, -0.15) is 4.98 Å². The molecule has 0 bridgehead atoms. The number of fused-ring (bicyclic) bond motifs is 1. The van der Waals surface area contributed by atoms with E-state index in [1.165, 1.54) is 15.0 Å². The van der Waals surface area contributed by atoms with Gasteiger partial charge in [0.2, 0.25) is 5.89 Å². The highest BCUT2D eigenvalue weighted by atomic mass is 32.1. The van der Waals surface area contributed by atoms with Gasteiger partial charge in [-0.3, -0.25) is 0 Å². The van der Waals surface area contributed by atoms with Crippen molar-refractivity contribution < 1.29 is 4.52 Å². The van der Waals surface area contributed by atoms with E-state index in [-0.39, 0.29) is 0 Å². The lowest BCUT2D eigenvalue weighted by molar-refractivity contribution is 0.370. The quantitative estimate of drug-likeness (QED) is 0.780. The summed E-state index contributed by atoms with van der Waals surface area (Å²) in [6.07, 6.45) is 0.760. The molecule has 0 aliphatic rings. The van der Waals surface area contributed by atoms with Crippen molar-refractivity contribution in [2.24, 2.45) is 0 Å². The van der Waals surface area contributed by atoms with E-state index in [2.05, 4.69) is 52.7 Å². The maximum absolute atomic E-state index is 5.10. The summed E-state index contributed by atoms with van der Waals surface area (Å²) in [7, 11) is 0. The lowest BCUT2D eigenvalue weighted by atomic mass is 10.2. The van der Waals surface area contributed by atoms with Crippen LogP contribution in [0.15, 0.2) is 34.9 Å². The van der Waals surface area contributed by atoms with Crippen LogP contribution in [0, 0.1) is 6.92 Å². The highest BCUT2D eigenvalue weighted by Gasteiger charge is 2.09. The van der Waals surface area contributed by atoms with Crippen LogP contribution in [0.1, 0.15) is 29.6 Å². The van der Waals surface area contributed by atoms with Gasteiger partial charge in [0.25, 0.3) is 0 Å². The van der Waals surface area contributed by atoms with E-state index in [1.54, 1.807) is 0 Å². The Kier molecular flexibility index (Phi) is 3.80. The third-order valence-corrected chi connectivity index (χ3v) is 4.53. The Morgan fingerprint density at radius 1 is 1.35 bits per heavy atom. The molecule has 20 heavy (non-hydrogen) atoms. The molecule has 2 heterocycles. The summed E-state index contributed by atoms with van der Waals surface area (Å²) in [5.41, 5.74) is 0. The number of nitrogens with zero attached hydrogens (tertiary/aromatic N) is 2. The number of nitrogens with one attached hydrogen (secondary N) is 1. The van der Waals surface area contributed by atoms with Crippen LogP contribution in [-0.2, 0) is 6.42 Å². The van der Waals surface area contributed by atoms with E-state index in [1.807, 2.05) is 18.3 Å². The molecule has 0 saturated heterocycles. The molecule has 1 N–H and O–H groups in total. The highest BCUT2D eigenvalue weighted by Crippen LogP contribution is 2.29. The molecule has 4 nitrogen and oxygen atoms in total. The monoisotopic (exact) mass is 287 g/mol. The molecular weight excluding hydrogens is 270 g/mol. The zero-order chi connectivity index (χ0) is 13.9. The SMILES string of the molecule is Cc1noc(CCNC(C)c2cc3ccccc3s2)n1. The van der Waals surface area contributed by atoms with Crippen molar-refractivity contribution in [3.63, 3.8) is 0 Å². The first kappa shape index (κ1) is 13.3. The molecule has 0 saturated carbocycles. The Morgan fingerprint density at radius 3 is 2.95 bits per heavy atom. The molecule has 0 spiro atoms. The average Bonchev–Trinajstić information content (AvgIpc) is 3.04. The minimum absolute atomic E-state index is 0.330. The van der Waals surface area contributed by atoms with Gasteiger partial charge >= 0.3 is 0 Å². The fraction of sp³-hybridized carbons (Fsp3) is 0.333. The van der Waals surface area contributed by atoms with Gasteiger partial charge in [-0.05, 0) is 31.4 Å². The zero-order valence-corrected chi connectivity index (χ0v) is 12.4. The molecule has 3 aromatic rings. The lowest BCUT2D eigenvalue weighted by Gasteiger charge is -2.10. The Morgan fingerprint density at radius 2 is 2.20 bits per heavy atom. The van der Waals surface area contributed by atoms with E-state index in [4.69, 9.17) is 4.52 Å².